The van der Waals surface area contributed by atoms with E-state index in [0.29, 0.717) is 38.4 Å². The van der Waals surface area contributed by atoms with Crippen molar-refractivity contribution in [2.45, 2.75) is 6.42 Å². The van der Waals surface area contributed by atoms with Gasteiger partial charge in [0.1, 0.15) is 5.56 Å². The van der Waals surface area contributed by atoms with Gasteiger partial charge in [-0.05, 0) is 18.6 Å². The Bertz CT molecular complexity index is 512. The van der Waals surface area contributed by atoms with Crippen molar-refractivity contribution < 1.29 is 14.5 Å². The second kappa shape index (κ2) is 6.31. The van der Waals surface area contributed by atoms with Gasteiger partial charge in [0, 0.05) is 31.5 Å². The van der Waals surface area contributed by atoms with Crippen LogP contribution < -0.4 is 11.3 Å². The molecule has 20 heavy (non-hydrogen) atoms. The van der Waals surface area contributed by atoms with Crippen LogP contribution >= 0.6 is 0 Å². The fraction of sp³-hybridized carbons (Fsp3) is 0.417. The van der Waals surface area contributed by atoms with E-state index in [0.717, 1.165) is 0 Å². The van der Waals surface area contributed by atoms with Crippen LogP contribution in [0.4, 0.5) is 11.4 Å². The summed E-state index contributed by atoms with van der Waals surface area (Å²) in [6.45, 7) is 1.98. The maximum Gasteiger partial charge on any atom is 0.282 e. The molecule has 0 unspecified atom stereocenters. The highest BCUT2D eigenvalue weighted by Gasteiger charge is 2.25. The van der Waals surface area contributed by atoms with Gasteiger partial charge < -0.3 is 15.1 Å². The van der Waals surface area contributed by atoms with Crippen molar-refractivity contribution in [3.8, 4) is 0 Å². The molecule has 0 aromatic heterocycles. The van der Waals surface area contributed by atoms with E-state index in [2.05, 4.69) is 5.43 Å². The van der Waals surface area contributed by atoms with Crippen molar-refractivity contribution in [3.05, 3.63) is 33.9 Å². The zero-order valence-electron chi connectivity index (χ0n) is 10.9. The molecule has 3 N–H and O–H groups in total. The van der Waals surface area contributed by atoms with Crippen LogP contribution in [-0.4, -0.2) is 42.0 Å². The van der Waals surface area contributed by atoms with E-state index in [4.69, 9.17) is 10.6 Å². The van der Waals surface area contributed by atoms with Gasteiger partial charge in [-0.3, -0.25) is 20.8 Å². The summed E-state index contributed by atoms with van der Waals surface area (Å²) in [6, 6.07) is 4.13. The zero-order chi connectivity index (χ0) is 14.5. The number of nitrogens with zero attached hydrogens (tertiary/aromatic N) is 2. The number of nitrogens with two attached hydrogens (primary N) is 1. The molecule has 1 aliphatic heterocycles. The Labute approximate surface area is 115 Å². The molecule has 8 heteroatoms. The molecule has 0 atom stereocenters. The Morgan fingerprint density at radius 1 is 1.40 bits per heavy atom. The molecule has 0 bridgehead atoms. The summed E-state index contributed by atoms with van der Waals surface area (Å²) in [4.78, 5) is 24.5. The van der Waals surface area contributed by atoms with Crippen LogP contribution in [0.2, 0.25) is 0 Å². The van der Waals surface area contributed by atoms with Crippen LogP contribution in [0.3, 0.4) is 0 Å². The van der Waals surface area contributed by atoms with Crippen LogP contribution in [0.5, 0.6) is 0 Å². The van der Waals surface area contributed by atoms with Gasteiger partial charge in [0.05, 0.1) is 11.5 Å². The molecule has 108 valence electrons. The number of ether oxygens (including phenoxy) is 1. The van der Waals surface area contributed by atoms with Crippen molar-refractivity contribution in [2.75, 3.05) is 31.7 Å². The minimum atomic E-state index is -0.568. The lowest BCUT2D eigenvalue weighted by molar-refractivity contribution is -0.385. The van der Waals surface area contributed by atoms with Gasteiger partial charge in [-0.15, -0.1) is 0 Å². The first kappa shape index (κ1) is 14.2. The molecule has 2 rings (SSSR count). The minimum absolute atomic E-state index is 0.0346. The lowest BCUT2D eigenvalue weighted by atomic mass is 10.1. The second-order valence-electron chi connectivity index (χ2n) is 4.39. The van der Waals surface area contributed by atoms with Crippen molar-refractivity contribution in [3.63, 3.8) is 0 Å². The number of anilines is 1. The van der Waals surface area contributed by atoms with Crippen molar-refractivity contribution in [2.24, 2.45) is 5.84 Å². The Kier molecular flexibility index (Phi) is 4.49. The summed E-state index contributed by atoms with van der Waals surface area (Å²) in [5.41, 5.74) is 2.65. The second-order valence-corrected chi connectivity index (χ2v) is 4.39. The standard InChI is InChI=1S/C12H16N4O4/c13-14-9-2-3-11(16(18)19)10(8-9)12(17)15-4-1-6-20-7-5-15/h2-3,8,14H,1,4-7,13H2. The molecule has 0 radical (unpaired) electrons. The first-order chi connectivity index (χ1) is 9.63. The van der Waals surface area contributed by atoms with Crippen molar-refractivity contribution >= 4 is 17.3 Å². The molecule has 1 aliphatic rings. The van der Waals surface area contributed by atoms with E-state index in [1.165, 1.54) is 18.2 Å². The number of hydrogen-bond donors (Lipinski definition) is 2. The monoisotopic (exact) mass is 280 g/mol. The third-order valence-corrected chi connectivity index (χ3v) is 3.10. The summed E-state index contributed by atoms with van der Waals surface area (Å²) in [6.07, 6.45) is 0.717. The molecule has 1 saturated heterocycles. The van der Waals surface area contributed by atoms with Gasteiger partial charge in [0.15, 0.2) is 0 Å². The molecule has 0 saturated carbocycles. The molecule has 1 fully saturated rings. The number of benzene rings is 1. The highest BCUT2D eigenvalue weighted by molar-refractivity contribution is 5.99. The smallest absolute Gasteiger partial charge is 0.282 e. The number of hydrogen-bond acceptors (Lipinski definition) is 6. The van der Waals surface area contributed by atoms with Crippen molar-refractivity contribution in [1.82, 2.24) is 4.90 Å². The third-order valence-electron chi connectivity index (χ3n) is 3.10. The number of carbonyl (C=O) groups excluding carboxylic acids is 1. The van der Waals surface area contributed by atoms with E-state index < -0.39 is 4.92 Å². The summed E-state index contributed by atoms with van der Waals surface area (Å²) in [5.74, 6) is 4.91. The number of nitro groups is 1. The van der Waals surface area contributed by atoms with Crippen LogP contribution in [-0.2, 0) is 4.74 Å². The van der Waals surface area contributed by atoms with E-state index >= 15 is 0 Å². The summed E-state index contributed by atoms with van der Waals surface area (Å²) >= 11 is 0. The number of nitrogens with one attached hydrogen (secondary N) is 1. The molecule has 0 spiro atoms. The van der Waals surface area contributed by atoms with Crippen LogP contribution in [0.25, 0.3) is 0 Å². The predicted octanol–water partition coefficient (Wildman–Crippen LogP) is 0.743. The zero-order valence-corrected chi connectivity index (χ0v) is 10.9. The highest BCUT2D eigenvalue weighted by Crippen LogP contribution is 2.24. The predicted molar refractivity (Wildman–Crippen MR) is 72.2 cm³/mol. The highest BCUT2D eigenvalue weighted by atomic mass is 16.6. The lowest BCUT2D eigenvalue weighted by Crippen LogP contribution is -2.33. The Morgan fingerprint density at radius 3 is 2.90 bits per heavy atom. The molecular weight excluding hydrogens is 264 g/mol. The van der Waals surface area contributed by atoms with Crippen molar-refractivity contribution in [1.29, 1.82) is 0 Å². The maximum atomic E-state index is 12.4. The van der Waals surface area contributed by atoms with Crippen LogP contribution in [0.1, 0.15) is 16.8 Å². The molecule has 1 amide bonds. The Balaban J connectivity index is 2.33. The molecule has 0 aliphatic carbocycles. The summed E-state index contributed by atoms with van der Waals surface area (Å²) in [7, 11) is 0. The average molecular weight is 280 g/mol. The SMILES string of the molecule is NNc1ccc([N+](=O)[O-])c(C(=O)N2CCCOCC2)c1. The topological polar surface area (TPSA) is 111 Å². The van der Waals surface area contributed by atoms with E-state index in [-0.39, 0.29) is 17.2 Å². The number of carbonyl (C=O) groups is 1. The van der Waals surface area contributed by atoms with Gasteiger partial charge in [-0.2, -0.15) is 0 Å². The number of amides is 1. The summed E-state index contributed by atoms with van der Waals surface area (Å²) < 4.78 is 5.27. The Morgan fingerprint density at radius 2 is 2.20 bits per heavy atom. The minimum Gasteiger partial charge on any atom is -0.380 e. The normalized spacial score (nSPS) is 15.6. The summed E-state index contributed by atoms with van der Waals surface area (Å²) in [5, 5.41) is 11.0. The van der Waals surface area contributed by atoms with Gasteiger partial charge in [0.2, 0.25) is 0 Å². The van der Waals surface area contributed by atoms with E-state index in [1.54, 1.807) is 4.90 Å². The number of nitrogen functional groups attached to an aromatic ring is 1. The molecule has 8 nitrogen and oxygen atoms in total. The molecule has 1 aromatic rings. The quantitative estimate of drug-likeness (QED) is 0.480. The fourth-order valence-electron chi connectivity index (χ4n) is 2.08. The average Bonchev–Trinajstić information content (AvgIpc) is 2.74. The lowest BCUT2D eigenvalue weighted by Gasteiger charge is -2.19. The largest absolute Gasteiger partial charge is 0.380 e. The van der Waals surface area contributed by atoms with Crippen LogP contribution in [0, 0.1) is 10.1 Å². The van der Waals surface area contributed by atoms with E-state index in [1.807, 2.05) is 0 Å². The molecule has 1 aromatic carbocycles. The first-order valence-corrected chi connectivity index (χ1v) is 6.25. The number of nitro benzene ring substituents is 1. The first-order valence-electron chi connectivity index (χ1n) is 6.25. The van der Waals surface area contributed by atoms with Gasteiger partial charge in [0.25, 0.3) is 11.6 Å². The molecular formula is C12H16N4O4. The van der Waals surface area contributed by atoms with Crippen LogP contribution in [0.15, 0.2) is 18.2 Å². The van der Waals surface area contributed by atoms with Gasteiger partial charge >= 0.3 is 0 Å². The number of rotatable bonds is 3. The van der Waals surface area contributed by atoms with Gasteiger partial charge in [-0.1, -0.05) is 0 Å². The molecule has 1 heterocycles. The Hall–Kier alpha value is -2.19. The van der Waals surface area contributed by atoms with E-state index in [9.17, 15) is 14.9 Å². The third kappa shape index (κ3) is 3.03. The number of hydrazine groups is 1. The maximum absolute atomic E-state index is 12.4. The fourth-order valence-corrected chi connectivity index (χ4v) is 2.08. The van der Waals surface area contributed by atoms with Gasteiger partial charge in [-0.25, -0.2) is 0 Å².